The zero-order chi connectivity index (χ0) is 16.2. The summed E-state index contributed by atoms with van der Waals surface area (Å²) >= 11 is 0. The normalized spacial score (nSPS) is 19.0. The molecule has 0 spiro atoms. The number of carbonyl (C=O) groups is 1. The van der Waals surface area contributed by atoms with Crippen molar-refractivity contribution in [3.05, 3.63) is 0 Å². The molecule has 0 saturated carbocycles. The summed E-state index contributed by atoms with van der Waals surface area (Å²) in [6.07, 6.45) is 7.02. The van der Waals surface area contributed by atoms with E-state index in [0.29, 0.717) is 5.41 Å². The van der Waals surface area contributed by atoms with Gasteiger partial charge in [0, 0.05) is 0 Å². The first-order chi connectivity index (χ1) is 9.35. The third-order valence-electron chi connectivity index (χ3n) is 4.28. The fraction of sp³-hybridized carbons (Fsp3) is 0.944. The Hall–Kier alpha value is -0.370. The number of carbonyl (C=O) groups excluding carboxylic acids is 1. The molecule has 0 aliphatic carbocycles. The highest BCUT2D eigenvalue weighted by atomic mass is 16.1. The minimum Gasteiger partial charge on any atom is -0.306 e. The SMILES string of the molecule is CC.CC(C)=O.CCC(C)CC1(CC)CCN(C)CC1. The summed E-state index contributed by atoms with van der Waals surface area (Å²) in [5.41, 5.74) is 0.682. The zero-order valence-corrected chi connectivity index (χ0v) is 15.4. The molecule has 0 amide bonds. The van der Waals surface area contributed by atoms with Crippen molar-refractivity contribution in [3.8, 4) is 0 Å². The molecule has 0 bridgehead atoms. The highest BCUT2D eigenvalue weighted by Gasteiger charge is 2.32. The predicted molar refractivity (Wildman–Crippen MR) is 91.2 cm³/mol. The fourth-order valence-electron chi connectivity index (χ4n) is 2.68. The molecular formula is C18H39NO. The van der Waals surface area contributed by atoms with Crippen LogP contribution in [0.25, 0.3) is 0 Å². The molecule has 1 fully saturated rings. The van der Waals surface area contributed by atoms with Crippen LogP contribution in [-0.4, -0.2) is 30.8 Å². The van der Waals surface area contributed by atoms with Crippen molar-refractivity contribution in [2.24, 2.45) is 11.3 Å². The minimum atomic E-state index is 0.167. The van der Waals surface area contributed by atoms with Crippen molar-refractivity contribution in [2.75, 3.05) is 20.1 Å². The van der Waals surface area contributed by atoms with Crippen LogP contribution in [0.3, 0.4) is 0 Å². The van der Waals surface area contributed by atoms with Crippen LogP contribution in [0.15, 0.2) is 0 Å². The van der Waals surface area contributed by atoms with Gasteiger partial charge in [-0.15, -0.1) is 0 Å². The van der Waals surface area contributed by atoms with Gasteiger partial charge < -0.3 is 9.69 Å². The lowest BCUT2D eigenvalue weighted by Gasteiger charge is -2.41. The van der Waals surface area contributed by atoms with Gasteiger partial charge in [-0.25, -0.2) is 0 Å². The molecule has 1 rings (SSSR count). The highest BCUT2D eigenvalue weighted by Crippen LogP contribution is 2.40. The number of piperidine rings is 1. The first-order valence-corrected chi connectivity index (χ1v) is 8.51. The smallest absolute Gasteiger partial charge is 0.126 e. The van der Waals surface area contributed by atoms with Crippen LogP contribution < -0.4 is 0 Å². The van der Waals surface area contributed by atoms with Gasteiger partial charge in [-0.05, 0) is 64.6 Å². The first-order valence-electron chi connectivity index (χ1n) is 8.51. The fourth-order valence-corrected chi connectivity index (χ4v) is 2.68. The molecule has 20 heavy (non-hydrogen) atoms. The van der Waals surface area contributed by atoms with E-state index in [2.05, 4.69) is 32.7 Å². The third-order valence-corrected chi connectivity index (χ3v) is 4.28. The topological polar surface area (TPSA) is 20.3 Å². The number of likely N-dealkylation sites (tertiary alicyclic amines) is 1. The van der Waals surface area contributed by atoms with Gasteiger partial charge in [-0.2, -0.15) is 0 Å². The third kappa shape index (κ3) is 10.4. The molecule has 2 heteroatoms. The number of ketones is 1. The van der Waals surface area contributed by atoms with Gasteiger partial charge >= 0.3 is 0 Å². The number of hydrogen-bond acceptors (Lipinski definition) is 2. The second-order valence-electron chi connectivity index (χ2n) is 6.28. The van der Waals surface area contributed by atoms with Crippen molar-refractivity contribution in [1.29, 1.82) is 0 Å². The second kappa shape index (κ2) is 12.4. The summed E-state index contributed by atoms with van der Waals surface area (Å²) in [4.78, 5) is 11.9. The monoisotopic (exact) mass is 285 g/mol. The van der Waals surface area contributed by atoms with Crippen LogP contribution in [0.5, 0.6) is 0 Å². The Balaban J connectivity index is 0. The van der Waals surface area contributed by atoms with E-state index < -0.39 is 0 Å². The lowest BCUT2D eigenvalue weighted by Crippen LogP contribution is -2.38. The van der Waals surface area contributed by atoms with Gasteiger partial charge in [-0.3, -0.25) is 0 Å². The van der Waals surface area contributed by atoms with E-state index >= 15 is 0 Å². The Morgan fingerprint density at radius 3 is 1.85 bits per heavy atom. The van der Waals surface area contributed by atoms with Crippen LogP contribution in [0, 0.1) is 11.3 Å². The Kier molecular flexibility index (Phi) is 13.6. The van der Waals surface area contributed by atoms with Gasteiger partial charge in [-0.1, -0.05) is 47.5 Å². The van der Waals surface area contributed by atoms with Crippen molar-refractivity contribution in [2.45, 2.75) is 80.6 Å². The molecule has 2 nitrogen and oxygen atoms in total. The van der Waals surface area contributed by atoms with Crippen molar-refractivity contribution >= 4 is 5.78 Å². The largest absolute Gasteiger partial charge is 0.306 e. The summed E-state index contributed by atoms with van der Waals surface area (Å²) in [6.45, 7) is 16.8. The van der Waals surface area contributed by atoms with Crippen LogP contribution in [-0.2, 0) is 4.79 Å². The lowest BCUT2D eigenvalue weighted by molar-refractivity contribution is -0.114. The average Bonchev–Trinajstić information content (AvgIpc) is 2.43. The van der Waals surface area contributed by atoms with E-state index in [1.54, 1.807) is 0 Å². The van der Waals surface area contributed by atoms with E-state index in [1.165, 1.54) is 59.0 Å². The predicted octanol–water partition coefficient (Wildman–Crippen LogP) is 5.17. The van der Waals surface area contributed by atoms with Gasteiger partial charge in [0.05, 0.1) is 0 Å². The number of Topliss-reactive ketones (excluding diaryl/α,β-unsaturated/α-hetero) is 1. The van der Waals surface area contributed by atoms with E-state index in [4.69, 9.17) is 0 Å². The van der Waals surface area contributed by atoms with Crippen LogP contribution >= 0.6 is 0 Å². The number of rotatable bonds is 4. The first kappa shape index (κ1) is 21.9. The molecule has 0 aromatic carbocycles. The van der Waals surface area contributed by atoms with Crippen molar-refractivity contribution < 1.29 is 4.79 Å². The molecular weight excluding hydrogens is 246 g/mol. The van der Waals surface area contributed by atoms with Crippen LogP contribution in [0.1, 0.15) is 80.6 Å². The molecule has 0 aromatic heterocycles. The summed E-state index contributed by atoms with van der Waals surface area (Å²) in [6, 6.07) is 0. The molecule has 1 unspecified atom stereocenters. The molecule has 0 aromatic rings. The van der Waals surface area contributed by atoms with E-state index in [9.17, 15) is 4.79 Å². The Morgan fingerprint density at radius 1 is 1.15 bits per heavy atom. The van der Waals surface area contributed by atoms with Gasteiger partial charge in [0.25, 0.3) is 0 Å². The Morgan fingerprint density at radius 2 is 1.55 bits per heavy atom. The highest BCUT2D eigenvalue weighted by molar-refractivity contribution is 5.72. The summed E-state index contributed by atoms with van der Waals surface area (Å²) < 4.78 is 0. The van der Waals surface area contributed by atoms with E-state index in [-0.39, 0.29) is 5.78 Å². The van der Waals surface area contributed by atoms with Crippen molar-refractivity contribution in [1.82, 2.24) is 4.90 Å². The second-order valence-corrected chi connectivity index (χ2v) is 6.28. The Bertz CT molecular complexity index is 226. The number of hydrogen-bond donors (Lipinski definition) is 0. The standard InChI is InChI=1S/C13H27N.C3H6O.C2H6/c1-5-12(3)11-13(6-2)7-9-14(4)10-8-13;1-3(2)4;1-2/h12H,5-11H2,1-4H3;1-2H3;1-2H3. The van der Waals surface area contributed by atoms with Crippen molar-refractivity contribution in [3.63, 3.8) is 0 Å². The molecule has 1 aliphatic rings. The maximum atomic E-state index is 9.44. The van der Waals surface area contributed by atoms with Gasteiger partial charge in [0.2, 0.25) is 0 Å². The molecule has 1 heterocycles. The molecule has 0 N–H and O–H groups in total. The van der Waals surface area contributed by atoms with Crippen LogP contribution in [0.4, 0.5) is 0 Å². The lowest BCUT2D eigenvalue weighted by atomic mass is 9.70. The minimum absolute atomic E-state index is 0.167. The summed E-state index contributed by atoms with van der Waals surface area (Å²) in [7, 11) is 2.25. The molecule has 122 valence electrons. The van der Waals surface area contributed by atoms with Gasteiger partial charge in [0.1, 0.15) is 5.78 Å². The maximum Gasteiger partial charge on any atom is 0.126 e. The van der Waals surface area contributed by atoms with Crippen LogP contribution in [0.2, 0.25) is 0 Å². The molecule has 1 saturated heterocycles. The number of nitrogens with zero attached hydrogens (tertiary/aromatic N) is 1. The zero-order valence-electron chi connectivity index (χ0n) is 15.4. The molecule has 1 atom stereocenters. The quantitative estimate of drug-likeness (QED) is 0.710. The Labute approximate surface area is 128 Å². The average molecular weight is 286 g/mol. The molecule has 0 radical (unpaired) electrons. The van der Waals surface area contributed by atoms with Gasteiger partial charge in [0.15, 0.2) is 0 Å². The maximum absolute atomic E-state index is 9.44. The summed E-state index contributed by atoms with van der Waals surface area (Å²) in [5.74, 6) is 1.08. The van der Waals surface area contributed by atoms with E-state index in [1.807, 2.05) is 13.8 Å². The molecule has 1 aliphatic heterocycles. The van der Waals surface area contributed by atoms with E-state index in [0.717, 1.165) is 5.92 Å². The summed E-state index contributed by atoms with van der Waals surface area (Å²) in [5, 5.41) is 0.